The van der Waals surface area contributed by atoms with Gasteiger partial charge in [-0.15, -0.1) is 0 Å². The Morgan fingerprint density at radius 3 is 2.86 bits per heavy atom. The van der Waals surface area contributed by atoms with Gasteiger partial charge in [-0.1, -0.05) is 0 Å². The SMILES string of the molecule is Cc1c(C2CSCCN2)[nH]n(C)c1=O. The third-order valence-electron chi connectivity index (χ3n) is 2.59. The van der Waals surface area contributed by atoms with E-state index in [1.54, 1.807) is 11.7 Å². The summed E-state index contributed by atoms with van der Waals surface area (Å²) in [5.41, 5.74) is 1.97. The van der Waals surface area contributed by atoms with E-state index in [1.807, 2.05) is 18.7 Å². The molecule has 5 heteroatoms. The van der Waals surface area contributed by atoms with Gasteiger partial charge in [0, 0.05) is 30.7 Å². The van der Waals surface area contributed by atoms with Gasteiger partial charge in [0.25, 0.3) is 5.56 Å². The third-order valence-corrected chi connectivity index (χ3v) is 3.65. The standard InChI is InChI=1S/C9H15N3OS/c1-6-8(11-12(2)9(6)13)7-5-14-4-3-10-7/h7,10-11H,3-5H2,1-2H3. The van der Waals surface area contributed by atoms with Gasteiger partial charge in [0.2, 0.25) is 0 Å². The van der Waals surface area contributed by atoms with E-state index in [9.17, 15) is 4.79 Å². The summed E-state index contributed by atoms with van der Waals surface area (Å²) in [6.45, 7) is 2.90. The van der Waals surface area contributed by atoms with Crippen molar-refractivity contribution in [2.75, 3.05) is 18.1 Å². The van der Waals surface area contributed by atoms with Gasteiger partial charge in [0.05, 0.1) is 11.7 Å². The maximum atomic E-state index is 11.5. The van der Waals surface area contributed by atoms with E-state index in [1.165, 1.54) is 0 Å². The molecule has 0 bridgehead atoms. The van der Waals surface area contributed by atoms with E-state index in [-0.39, 0.29) is 5.56 Å². The van der Waals surface area contributed by atoms with Gasteiger partial charge in [-0.25, -0.2) is 0 Å². The van der Waals surface area contributed by atoms with Crippen LogP contribution < -0.4 is 10.9 Å². The zero-order chi connectivity index (χ0) is 10.1. The first kappa shape index (κ1) is 9.86. The molecule has 14 heavy (non-hydrogen) atoms. The van der Waals surface area contributed by atoms with Gasteiger partial charge in [-0.2, -0.15) is 11.8 Å². The van der Waals surface area contributed by atoms with Gasteiger partial charge in [-0.3, -0.25) is 14.6 Å². The van der Waals surface area contributed by atoms with Crippen LogP contribution in [0.4, 0.5) is 0 Å². The van der Waals surface area contributed by atoms with Gasteiger partial charge >= 0.3 is 0 Å². The molecule has 1 fully saturated rings. The third kappa shape index (κ3) is 1.62. The summed E-state index contributed by atoms with van der Waals surface area (Å²) in [5.74, 6) is 2.20. The van der Waals surface area contributed by atoms with Crippen LogP contribution in [-0.2, 0) is 7.05 Å². The van der Waals surface area contributed by atoms with Crippen LogP contribution in [0.25, 0.3) is 0 Å². The van der Waals surface area contributed by atoms with Crippen LogP contribution in [0.5, 0.6) is 0 Å². The predicted octanol–water partition coefficient (Wildman–Crippen LogP) is 0.399. The van der Waals surface area contributed by atoms with E-state index in [0.717, 1.165) is 29.3 Å². The average molecular weight is 213 g/mol. The Labute approximate surface area is 87.1 Å². The largest absolute Gasteiger partial charge is 0.307 e. The van der Waals surface area contributed by atoms with Crippen LogP contribution >= 0.6 is 11.8 Å². The molecular weight excluding hydrogens is 198 g/mol. The molecular formula is C9H15N3OS. The van der Waals surface area contributed by atoms with Crippen LogP contribution in [0.1, 0.15) is 17.3 Å². The maximum Gasteiger partial charge on any atom is 0.269 e. The number of rotatable bonds is 1. The highest BCUT2D eigenvalue weighted by atomic mass is 32.2. The molecule has 4 nitrogen and oxygen atoms in total. The fourth-order valence-electron chi connectivity index (χ4n) is 1.77. The first-order valence-corrected chi connectivity index (χ1v) is 5.92. The van der Waals surface area contributed by atoms with Crippen molar-refractivity contribution in [3.63, 3.8) is 0 Å². The fourth-order valence-corrected chi connectivity index (χ4v) is 2.72. The molecule has 1 aromatic heterocycles. The minimum Gasteiger partial charge on any atom is -0.307 e. The Hall–Kier alpha value is -0.680. The first-order chi connectivity index (χ1) is 6.70. The van der Waals surface area contributed by atoms with Gasteiger partial charge < -0.3 is 5.32 Å². The summed E-state index contributed by atoms with van der Waals surface area (Å²) >= 11 is 1.93. The lowest BCUT2D eigenvalue weighted by molar-refractivity contribution is 0.566. The molecule has 0 spiro atoms. The van der Waals surface area contributed by atoms with Crippen molar-refractivity contribution in [3.05, 3.63) is 21.6 Å². The van der Waals surface area contributed by atoms with Crippen LogP contribution in [0.15, 0.2) is 4.79 Å². The normalized spacial score (nSPS) is 22.6. The van der Waals surface area contributed by atoms with Crippen molar-refractivity contribution < 1.29 is 0 Å². The molecule has 2 rings (SSSR count). The number of aryl methyl sites for hydroxylation is 1. The number of thioether (sulfide) groups is 1. The number of nitrogens with zero attached hydrogens (tertiary/aromatic N) is 1. The topological polar surface area (TPSA) is 49.8 Å². The molecule has 1 aliphatic rings. The van der Waals surface area contributed by atoms with Crippen molar-refractivity contribution >= 4 is 11.8 Å². The monoisotopic (exact) mass is 213 g/mol. The van der Waals surface area contributed by atoms with Gasteiger partial charge in [0.15, 0.2) is 0 Å². The Morgan fingerprint density at radius 2 is 2.36 bits per heavy atom. The summed E-state index contributed by atoms with van der Waals surface area (Å²) < 4.78 is 1.55. The highest BCUT2D eigenvalue weighted by Crippen LogP contribution is 2.21. The second kappa shape index (κ2) is 3.82. The number of hydrogen-bond acceptors (Lipinski definition) is 3. The summed E-state index contributed by atoms with van der Waals surface area (Å²) in [6.07, 6.45) is 0. The number of hydrogen-bond donors (Lipinski definition) is 2. The van der Waals surface area contributed by atoms with Gasteiger partial charge in [-0.05, 0) is 6.92 Å². The molecule has 1 aromatic rings. The molecule has 0 aromatic carbocycles. The van der Waals surface area contributed by atoms with Gasteiger partial charge in [0.1, 0.15) is 0 Å². The zero-order valence-electron chi connectivity index (χ0n) is 8.46. The number of H-pyrrole nitrogens is 1. The number of aromatic nitrogens is 2. The summed E-state index contributed by atoms with van der Waals surface area (Å²) in [5, 5.41) is 6.52. The fraction of sp³-hybridized carbons (Fsp3) is 0.667. The number of nitrogens with one attached hydrogen (secondary N) is 2. The minimum atomic E-state index is 0.0809. The first-order valence-electron chi connectivity index (χ1n) is 4.77. The maximum absolute atomic E-state index is 11.5. The van der Waals surface area contributed by atoms with Crippen molar-refractivity contribution in [2.45, 2.75) is 13.0 Å². The molecule has 0 saturated carbocycles. The van der Waals surface area contributed by atoms with Crippen molar-refractivity contribution in [2.24, 2.45) is 7.05 Å². The van der Waals surface area contributed by atoms with Crippen LogP contribution in [0.3, 0.4) is 0 Å². The van der Waals surface area contributed by atoms with E-state index < -0.39 is 0 Å². The van der Waals surface area contributed by atoms with Crippen molar-refractivity contribution in [1.82, 2.24) is 15.1 Å². The molecule has 1 atom stereocenters. The molecule has 78 valence electrons. The predicted molar refractivity (Wildman–Crippen MR) is 58.8 cm³/mol. The number of aromatic amines is 1. The Kier molecular flexibility index (Phi) is 2.69. The highest BCUT2D eigenvalue weighted by molar-refractivity contribution is 7.99. The Balaban J connectivity index is 2.31. The van der Waals surface area contributed by atoms with Crippen LogP contribution in [0.2, 0.25) is 0 Å². The quantitative estimate of drug-likeness (QED) is 0.710. The lowest BCUT2D eigenvalue weighted by Gasteiger charge is -2.22. The van der Waals surface area contributed by atoms with Crippen molar-refractivity contribution in [3.8, 4) is 0 Å². The smallest absolute Gasteiger partial charge is 0.269 e. The summed E-state index contributed by atoms with van der Waals surface area (Å²) in [7, 11) is 1.76. The highest BCUT2D eigenvalue weighted by Gasteiger charge is 2.20. The second-order valence-electron chi connectivity index (χ2n) is 3.60. The molecule has 0 amide bonds. The molecule has 1 saturated heterocycles. The molecule has 1 aliphatic heterocycles. The van der Waals surface area contributed by atoms with E-state index in [2.05, 4.69) is 10.4 Å². The molecule has 0 radical (unpaired) electrons. The minimum absolute atomic E-state index is 0.0809. The molecule has 1 unspecified atom stereocenters. The molecule has 2 N–H and O–H groups in total. The van der Waals surface area contributed by atoms with E-state index >= 15 is 0 Å². The summed E-state index contributed by atoms with van der Waals surface area (Å²) in [6, 6.07) is 0.308. The second-order valence-corrected chi connectivity index (χ2v) is 4.75. The summed E-state index contributed by atoms with van der Waals surface area (Å²) in [4.78, 5) is 11.5. The van der Waals surface area contributed by atoms with Crippen LogP contribution in [0, 0.1) is 6.92 Å². The van der Waals surface area contributed by atoms with E-state index in [0.29, 0.717) is 6.04 Å². The lowest BCUT2D eigenvalue weighted by Crippen LogP contribution is -2.31. The van der Waals surface area contributed by atoms with Crippen molar-refractivity contribution in [1.29, 1.82) is 0 Å². The Morgan fingerprint density at radius 1 is 1.57 bits per heavy atom. The average Bonchev–Trinajstić information content (AvgIpc) is 2.47. The zero-order valence-corrected chi connectivity index (χ0v) is 9.28. The van der Waals surface area contributed by atoms with E-state index in [4.69, 9.17) is 0 Å². The Bertz CT molecular complexity index is 376. The van der Waals surface area contributed by atoms with Crippen LogP contribution in [-0.4, -0.2) is 27.8 Å². The molecule has 0 aliphatic carbocycles. The molecule has 2 heterocycles. The lowest BCUT2D eigenvalue weighted by atomic mass is 10.1.